The van der Waals surface area contributed by atoms with Gasteiger partial charge in [-0.3, -0.25) is 9.36 Å². The number of nitrogens with one attached hydrogen (secondary N) is 2. The minimum atomic E-state index is -0.314. The maximum Gasteiger partial charge on any atom is 0.270 e. The lowest BCUT2D eigenvalue weighted by Gasteiger charge is -2.57. The summed E-state index contributed by atoms with van der Waals surface area (Å²) in [4.78, 5) is 23.9. The molecule has 0 amide bonds. The third-order valence-corrected chi connectivity index (χ3v) is 7.18. The third-order valence-electron chi connectivity index (χ3n) is 7.18. The molecular formula is C26H30FN7O. The summed E-state index contributed by atoms with van der Waals surface area (Å²) in [5.74, 6) is -0.00148. The molecular weight excluding hydrogens is 445 g/mol. The van der Waals surface area contributed by atoms with E-state index in [2.05, 4.69) is 25.5 Å². The highest BCUT2D eigenvalue weighted by molar-refractivity contribution is 5.77. The molecule has 35 heavy (non-hydrogen) atoms. The largest absolute Gasteiger partial charge is 0.368 e. The van der Waals surface area contributed by atoms with Crippen molar-refractivity contribution in [2.24, 2.45) is 5.41 Å². The Hall–Kier alpha value is -3.51. The first-order valence-corrected chi connectivity index (χ1v) is 12.4. The maximum atomic E-state index is 14.8. The van der Waals surface area contributed by atoms with Gasteiger partial charge in [0, 0.05) is 54.9 Å². The van der Waals surface area contributed by atoms with Crippen molar-refractivity contribution in [3.63, 3.8) is 0 Å². The minimum Gasteiger partial charge on any atom is -0.368 e. The van der Waals surface area contributed by atoms with Gasteiger partial charge >= 0.3 is 0 Å². The molecule has 8 nitrogen and oxygen atoms in total. The van der Waals surface area contributed by atoms with E-state index in [-0.39, 0.29) is 28.9 Å². The zero-order chi connectivity index (χ0) is 24.6. The minimum absolute atomic E-state index is 0.0264. The number of aromatic nitrogens is 3. The van der Waals surface area contributed by atoms with E-state index in [0.29, 0.717) is 27.8 Å². The van der Waals surface area contributed by atoms with Crippen LogP contribution < -0.4 is 21.1 Å². The topological polar surface area (TPSA) is 98.9 Å². The number of halogens is 1. The fourth-order valence-electron chi connectivity index (χ4n) is 5.37. The summed E-state index contributed by atoms with van der Waals surface area (Å²) in [5.41, 5.74) is 1.76. The highest BCUT2D eigenvalue weighted by atomic mass is 19.1. The molecule has 2 saturated heterocycles. The van der Waals surface area contributed by atoms with E-state index in [0.717, 1.165) is 51.9 Å². The highest BCUT2D eigenvalue weighted by Gasteiger charge is 2.48. The Bertz CT molecular complexity index is 1340. The van der Waals surface area contributed by atoms with E-state index in [1.54, 1.807) is 22.9 Å². The average Bonchev–Trinajstić information content (AvgIpc) is 3.34. The smallest absolute Gasteiger partial charge is 0.270 e. The molecule has 1 saturated carbocycles. The second kappa shape index (κ2) is 9.27. The quantitative estimate of drug-likeness (QED) is 0.586. The first kappa shape index (κ1) is 23.2. The average molecular weight is 476 g/mol. The van der Waals surface area contributed by atoms with Crippen LogP contribution in [0.5, 0.6) is 0 Å². The first-order chi connectivity index (χ1) is 17.0. The van der Waals surface area contributed by atoms with Crippen LogP contribution in [0.1, 0.15) is 51.1 Å². The lowest BCUT2D eigenvalue weighted by Crippen LogP contribution is -2.71. The maximum absolute atomic E-state index is 14.8. The number of benzene rings is 1. The molecule has 1 aromatic carbocycles. The Balaban J connectivity index is 0.00000124. The van der Waals surface area contributed by atoms with Crippen LogP contribution in [0.25, 0.3) is 11.0 Å². The molecule has 2 aliphatic heterocycles. The van der Waals surface area contributed by atoms with Gasteiger partial charge in [0.15, 0.2) is 0 Å². The van der Waals surface area contributed by atoms with Gasteiger partial charge in [0.25, 0.3) is 5.56 Å². The number of nitriles is 1. The van der Waals surface area contributed by atoms with Crippen molar-refractivity contribution in [2.45, 2.75) is 45.6 Å². The molecule has 0 bridgehead atoms. The standard InChI is InChI=1S/C24H24FN7O.C2H6/c25-19-8-17(5-6-20(19)31-13-24(14-31)11-27-12-24)29-23-28-10-16-7-15(9-26)22(33)32(21(16)30-23)18-3-1-2-4-18;1-2/h5-8,10,18,27H,1-4,11-14H2,(H,28,29,30);1-2H3. The lowest BCUT2D eigenvalue weighted by atomic mass is 9.74. The molecule has 1 spiro atoms. The van der Waals surface area contributed by atoms with Gasteiger partial charge in [-0.2, -0.15) is 10.2 Å². The lowest BCUT2D eigenvalue weighted by molar-refractivity contribution is 0.120. The third kappa shape index (κ3) is 4.12. The van der Waals surface area contributed by atoms with Crippen molar-refractivity contribution >= 4 is 28.4 Å². The Labute approximate surface area is 203 Å². The molecule has 9 heteroatoms. The zero-order valence-corrected chi connectivity index (χ0v) is 20.1. The second-order valence-electron chi connectivity index (χ2n) is 9.51. The normalized spacial score (nSPS) is 18.4. The molecule has 6 rings (SSSR count). The summed E-state index contributed by atoms with van der Waals surface area (Å²) >= 11 is 0. The predicted molar refractivity (Wildman–Crippen MR) is 135 cm³/mol. The van der Waals surface area contributed by atoms with Crippen LogP contribution in [0.2, 0.25) is 0 Å². The van der Waals surface area contributed by atoms with Crippen molar-refractivity contribution < 1.29 is 4.39 Å². The highest BCUT2D eigenvalue weighted by Crippen LogP contribution is 2.39. The zero-order valence-electron chi connectivity index (χ0n) is 20.1. The first-order valence-electron chi connectivity index (χ1n) is 12.4. The van der Waals surface area contributed by atoms with Gasteiger partial charge in [-0.05, 0) is 37.1 Å². The Morgan fingerprint density at radius 3 is 2.57 bits per heavy atom. The molecule has 182 valence electrons. The van der Waals surface area contributed by atoms with Crippen LogP contribution in [-0.4, -0.2) is 40.7 Å². The van der Waals surface area contributed by atoms with E-state index in [9.17, 15) is 14.4 Å². The van der Waals surface area contributed by atoms with Crippen LogP contribution in [0.3, 0.4) is 0 Å². The number of nitrogens with zero attached hydrogens (tertiary/aromatic N) is 5. The molecule has 2 aromatic heterocycles. The molecule has 4 heterocycles. The Morgan fingerprint density at radius 2 is 1.94 bits per heavy atom. The van der Waals surface area contributed by atoms with Gasteiger partial charge in [0.05, 0.1) is 5.69 Å². The van der Waals surface area contributed by atoms with E-state index >= 15 is 0 Å². The second-order valence-corrected chi connectivity index (χ2v) is 9.51. The summed E-state index contributed by atoms with van der Waals surface area (Å²) in [7, 11) is 0. The van der Waals surface area contributed by atoms with Crippen molar-refractivity contribution in [2.75, 3.05) is 36.4 Å². The van der Waals surface area contributed by atoms with Crippen molar-refractivity contribution in [1.82, 2.24) is 19.9 Å². The molecule has 1 aliphatic carbocycles. The van der Waals surface area contributed by atoms with Crippen molar-refractivity contribution in [1.29, 1.82) is 5.26 Å². The fraction of sp³-hybridized carbons (Fsp3) is 0.462. The van der Waals surface area contributed by atoms with E-state index in [1.807, 2.05) is 26.0 Å². The molecule has 3 aliphatic rings. The monoisotopic (exact) mass is 475 g/mol. The summed E-state index contributed by atoms with van der Waals surface area (Å²) in [5, 5.41) is 16.4. The van der Waals surface area contributed by atoms with E-state index in [1.165, 1.54) is 6.07 Å². The summed E-state index contributed by atoms with van der Waals surface area (Å²) in [6, 6.07) is 8.62. The van der Waals surface area contributed by atoms with Crippen molar-refractivity contribution in [3.05, 3.63) is 52.2 Å². The summed E-state index contributed by atoms with van der Waals surface area (Å²) < 4.78 is 16.5. The number of anilines is 3. The summed E-state index contributed by atoms with van der Waals surface area (Å²) in [6.07, 6.45) is 5.47. The molecule has 0 unspecified atom stereocenters. The molecule has 3 aromatic rings. The number of hydrogen-bond acceptors (Lipinski definition) is 7. The predicted octanol–water partition coefficient (Wildman–Crippen LogP) is 4.10. The van der Waals surface area contributed by atoms with Crippen LogP contribution in [-0.2, 0) is 0 Å². The SMILES string of the molecule is CC.N#Cc1cc2cnc(Nc3ccc(N4CC5(CNC5)C4)c(F)c3)nc2n(C2CCCC2)c1=O. The van der Waals surface area contributed by atoms with Crippen LogP contribution in [0, 0.1) is 22.6 Å². The molecule has 0 atom stereocenters. The number of hydrogen-bond donors (Lipinski definition) is 2. The van der Waals surface area contributed by atoms with Gasteiger partial charge in [0.1, 0.15) is 23.1 Å². The van der Waals surface area contributed by atoms with E-state index in [4.69, 9.17) is 0 Å². The van der Waals surface area contributed by atoms with Gasteiger partial charge in [-0.1, -0.05) is 26.7 Å². The molecule has 2 N–H and O–H groups in total. The number of fused-ring (bicyclic) bond motifs is 1. The van der Waals surface area contributed by atoms with E-state index < -0.39 is 0 Å². The van der Waals surface area contributed by atoms with Gasteiger partial charge in [0.2, 0.25) is 5.95 Å². The number of rotatable bonds is 4. The van der Waals surface area contributed by atoms with Gasteiger partial charge in [-0.25, -0.2) is 9.37 Å². The molecule has 3 fully saturated rings. The van der Waals surface area contributed by atoms with Gasteiger partial charge < -0.3 is 15.5 Å². The van der Waals surface area contributed by atoms with Crippen LogP contribution in [0.4, 0.5) is 21.7 Å². The fourth-order valence-corrected chi connectivity index (χ4v) is 5.37. The Kier molecular flexibility index (Phi) is 6.15. The Morgan fingerprint density at radius 1 is 1.20 bits per heavy atom. The van der Waals surface area contributed by atoms with Crippen LogP contribution in [0.15, 0.2) is 35.3 Å². The summed E-state index contributed by atoms with van der Waals surface area (Å²) in [6.45, 7) is 7.76. The number of pyridine rings is 1. The molecule has 0 radical (unpaired) electrons. The van der Waals surface area contributed by atoms with Gasteiger partial charge in [-0.15, -0.1) is 0 Å². The van der Waals surface area contributed by atoms with Crippen LogP contribution >= 0.6 is 0 Å². The van der Waals surface area contributed by atoms with Crippen molar-refractivity contribution in [3.8, 4) is 6.07 Å².